The van der Waals surface area contributed by atoms with Crippen LogP contribution in [0.1, 0.15) is 56.0 Å². The summed E-state index contributed by atoms with van der Waals surface area (Å²) in [4.78, 5) is 56.8. The molecular weight excluding hydrogens is 563 g/mol. The fourth-order valence-corrected chi connectivity index (χ4v) is 5.00. The van der Waals surface area contributed by atoms with E-state index in [1.54, 1.807) is 76.2 Å². The van der Waals surface area contributed by atoms with Crippen molar-refractivity contribution in [3.8, 4) is 0 Å². The summed E-state index contributed by atoms with van der Waals surface area (Å²) in [6.45, 7) is 8.65. The first-order chi connectivity index (χ1) is 20.8. The Labute approximate surface area is 257 Å². The number of hydrogen-bond acceptors (Lipinski definition) is 5. The van der Waals surface area contributed by atoms with E-state index in [2.05, 4.69) is 10.6 Å². The largest absolute Gasteiger partial charge is 0.444 e. The molecule has 10 heteroatoms. The molecule has 3 aromatic carbocycles. The highest BCUT2D eigenvalue weighted by Crippen LogP contribution is 2.35. The van der Waals surface area contributed by atoms with Gasteiger partial charge in [0.2, 0.25) is 11.8 Å². The lowest BCUT2D eigenvalue weighted by Gasteiger charge is -2.32. The van der Waals surface area contributed by atoms with E-state index in [0.717, 1.165) is 11.1 Å². The normalized spacial score (nSPS) is 15.5. The zero-order valence-corrected chi connectivity index (χ0v) is 25.9. The zero-order chi connectivity index (χ0) is 32.2. The van der Waals surface area contributed by atoms with Crippen molar-refractivity contribution in [1.29, 1.82) is 0 Å². The third-order valence-electron chi connectivity index (χ3n) is 7.59. The highest BCUT2D eigenvalue weighted by atomic mass is 19.1. The first-order valence-electron chi connectivity index (χ1n) is 14.5. The monoisotopic (exact) mass is 602 g/mol. The molecule has 2 N–H and O–H groups in total. The van der Waals surface area contributed by atoms with E-state index in [0.29, 0.717) is 16.8 Å². The molecule has 3 aromatic rings. The molecule has 232 valence electrons. The second-order valence-corrected chi connectivity index (χ2v) is 12.0. The number of ether oxygens (including phenoxy) is 1. The number of nitrogens with zero attached hydrogens (tertiary/aromatic N) is 2. The second kappa shape index (κ2) is 13.3. The van der Waals surface area contributed by atoms with Crippen LogP contribution in [0.5, 0.6) is 0 Å². The number of halogens is 1. The van der Waals surface area contributed by atoms with Crippen LogP contribution in [0.15, 0.2) is 72.8 Å². The minimum atomic E-state index is -1.16. The molecular formula is C34H39FN4O5. The molecule has 0 bridgehead atoms. The van der Waals surface area contributed by atoms with Crippen molar-refractivity contribution in [2.45, 2.75) is 71.3 Å². The molecule has 0 saturated heterocycles. The molecule has 0 spiro atoms. The van der Waals surface area contributed by atoms with Gasteiger partial charge in [0.15, 0.2) is 0 Å². The number of carbonyl (C=O) groups is 4. The summed E-state index contributed by atoms with van der Waals surface area (Å²) in [5.74, 6) is -1.90. The lowest BCUT2D eigenvalue weighted by molar-refractivity contribution is -0.131. The minimum absolute atomic E-state index is 0.0880. The van der Waals surface area contributed by atoms with Gasteiger partial charge >= 0.3 is 6.09 Å². The Hall–Kier alpha value is -4.73. The number of amides is 4. The summed E-state index contributed by atoms with van der Waals surface area (Å²) >= 11 is 0. The van der Waals surface area contributed by atoms with Gasteiger partial charge in [-0.25, -0.2) is 9.18 Å². The third-order valence-corrected chi connectivity index (χ3v) is 7.59. The van der Waals surface area contributed by atoms with Crippen LogP contribution >= 0.6 is 0 Å². The Morgan fingerprint density at radius 3 is 2.36 bits per heavy atom. The van der Waals surface area contributed by atoms with Gasteiger partial charge < -0.3 is 15.4 Å². The maximum Gasteiger partial charge on any atom is 0.410 e. The number of likely N-dealkylation sites (N-methyl/N-ethyl adjacent to an activating group) is 1. The van der Waals surface area contributed by atoms with Gasteiger partial charge in [0.1, 0.15) is 29.5 Å². The molecule has 9 nitrogen and oxygen atoms in total. The molecule has 0 fully saturated rings. The zero-order valence-electron chi connectivity index (χ0n) is 25.9. The highest BCUT2D eigenvalue weighted by Gasteiger charge is 2.42. The summed E-state index contributed by atoms with van der Waals surface area (Å²) in [5.41, 5.74) is 2.58. The Bertz CT molecular complexity index is 1540. The summed E-state index contributed by atoms with van der Waals surface area (Å²) in [7, 11) is 1.45. The van der Waals surface area contributed by atoms with Gasteiger partial charge in [0.25, 0.3) is 5.91 Å². The van der Waals surface area contributed by atoms with Gasteiger partial charge in [-0.1, -0.05) is 54.6 Å². The van der Waals surface area contributed by atoms with E-state index < -0.39 is 53.4 Å². The van der Waals surface area contributed by atoms with Crippen molar-refractivity contribution in [3.63, 3.8) is 0 Å². The van der Waals surface area contributed by atoms with Crippen molar-refractivity contribution in [2.24, 2.45) is 0 Å². The van der Waals surface area contributed by atoms with E-state index in [1.807, 2.05) is 19.1 Å². The lowest BCUT2D eigenvalue weighted by atomic mass is 10.0. The van der Waals surface area contributed by atoms with Gasteiger partial charge in [-0.15, -0.1) is 0 Å². The van der Waals surface area contributed by atoms with Crippen LogP contribution in [0, 0.1) is 12.7 Å². The van der Waals surface area contributed by atoms with E-state index in [9.17, 15) is 23.6 Å². The van der Waals surface area contributed by atoms with Gasteiger partial charge in [-0.05, 0) is 75.1 Å². The molecule has 4 amide bonds. The summed E-state index contributed by atoms with van der Waals surface area (Å²) < 4.78 is 19.3. The number of fused-ring (bicyclic) bond motifs is 1. The number of rotatable bonds is 8. The fourth-order valence-electron chi connectivity index (χ4n) is 5.00. The standard InChI is InChI=1S/C34H39FN4O5/c1-21-16-17-26(35)18-25(21)20-36-31(41)28-19-24-14-10-11-15-27(24)39(28)32(42)29(23-12-8-7-9-13-23)37-30(40)22(2)38(6)33(43)44-34(3,4)5/h7-18,22,28-29H,19-20H2,1-6H3,(H,36,41)(H,37,40)/t22-,28-,29-/m0/s1. The van der Waals surface area contributed by atoms with Gasteiger partial charge in [-0.2, -0.15) is 0 Å². The van der Waals surface area contributed by atoms with E-state index >= 15 is 0 Å². The first-order valence-corrected chi connectivity index (χ1v) is 14.5. The van der Waals surface area contributed by atoms with E-state index in [-0.39, 0.29) is 13.0 Å². The molecule has 1 aliphatic rings. The second-order valence-electron chi connectivity index (χ2n) is 12.0. The minimum Gasteiger partial charge on any atom is -0.444 e. The number of hydrogen-bond donors (Lipinski definition) is 2. The summed E-state index contributed by atoms with van der Waals surface area (Å²) in [6.07, 6.45) is -0.412. The molecule has 1 heterocycles. The number of para-hydroxylation sites is 1. The Balaban J connectivity index is 1.61. The molecule has 0 unspecified atom stereocenters. The molecule has 0 aromatic heterocycles. The Morgan fingerprint density at radius 2 is 1.68 bits per heavy atom. The van der Waals surface area contributed by atoms with E-state index in [4.69, 9.17) is 4.74 Å². The average molecular weight is 603 g/mol. The number of aryl methyl sites for hydroxylation is 1. The molecule has 3 atom stereocenters. The molecule has 4 rings (SSSR count). The van der Waals surface area contributed by atoms with Crippen LogP contribution < -0.4 is 15.5 Å². The van der Waals surface area contributed by atoms with Crippen LogP contribution in [0.4, 0.5) is 14.9 Å². The van der Waals surface area contributed by atoms with Gasteiger partial charge in [0.05, 0.1) is 0 Å². The van der Waals surface area contributed by atoms with Crippen molar-refractivity contribution in [3.05, 3.63) is 101 Å². The maximum absolute atomic E-state index is 14.4. The maximum atomic E-state index is 14.4. The Kier molecular flexibility index (Phi) is 9.71. The molecule has 1 aliphatic heterocycles. The quantitative estimate of drug-likeness (QED) is 0.385. The third kappa shape index (κ3) is 7.42. The van der Waals surface area contributed by atoms with Gasteiger partial charge in [-0.3, -0.25) is 24.2 Å². The number of anilines is 1. The van der Waals surface area contributed by atoms with Crippen LogP contribution in [0.2, 0.25) is 0 Å². The number of carbonyl (C=O) groups excluding carboxylic acids is 4. The van der Waals surface area contributed by atoms with Crippen LogP contribution in [-0.4, -0.2) is 53.4 Å². The van der Waals surface area contributed by atoms with Crippen LogP contribution in [0.25, 0.3) is 0 Å². The van der Waals surface area contributed by atoms with Crippen molar-refractivity contribution < 1.29 is 28.3 Å². The number of nitrogens with one attached hydrogen (secondary N) is 2. The predicted octanol–water partition coefficient (Wildman–Crippen LogP) is 4.82. The summed E-state index contributed by atoms with van der Waals surface area (Å²) in [5, 5.41) is 5.68. The van der Waals surface area contributed by atoms with Crippen molar-refractivity contribution in [1.82, 2.24) is 15.5 Å². The van der Waals surface area contributed by atoms with Crippen LogP contribution in [-0.2, 0) is 32.1 Å². The number of benzene rings is 3. The lowest BCUT2D eigenvalue weighted by Crippen LogP contribution is -2.54. The molecule has 0 aliphatic carbocycles. The van der Waals surface area contributed by atoms with E-state index in [1.165, 1.54) is 29.0 Å². The Morgan fingerprint density at radius 1 is 1.02 bits per heavy atom. The van der Waals surface area contributed by atoms with Gasteiger partial charge in [0, 0.05) is 25.7 Å². The highest BCUT2D eigenvalue weighted by molar-refractivity contribution is 6.07. The van der Waals surface area contributed by atoms with Crippen molar-refractivity contribution in [2.75, 3.05) is 11.9 Å². The molecule has 44 heavy (non-hydrogen) atoms. The first kappa shape index (κ1) is 32.2. The SMILES string of the molecule is Cc1ccc(F)cc1CNC(=O)[C@@H]1Cc2ccccc2N1C(=O)[C@@H](NC(=O)[C@H](C)N(C)C(=O)OC(C)(C)C)c1ccccc1. The van der Waals surface area contributed by atoms with Crippen LogP contribution in [0.3, 0.4) is 0 Å². The molecule has 0 radical (unpaired) electrons. The predicted molar refractivity (Wildman–Crippen MR) is 165 cm³/mol. The molecule has 0 saturated carbocycles. The fraction of sp³-hybridized carbons (Fsp3) is 0.353. The summed E-state index contributed by atoms with van der Waals surface area (Å²) in [6, 6.07) is 17.3. The van der Waals surface area contributed by atoms with Crippen molar-refractivity contribution >= 4 is 29.5 Å². The topological polar surface area (TPSA) is 108 Å². The average Bonchev–Trinajstić information content (AvgIpc) is 3.38. The smallest absolute Gasteiger partial charge is 0.410 e.